The number of carbonyl (C=O) groups excluding carboxylic acids is 2. The molecule has 1 aliphatic rings. The fourth-order valence-corrected chi connectivity index (χ4v) is 2.86. The maximum absolute atomic E-state index is 13.8. The quantitative estimate of drug-likeness (QED) is 0.625. The summed E-state index contributed by atoms with van der Waals surface area (Å²) in [4.78, 5) is 25.7. The van der Waals surface area contributed by atoms with Crippen molar-refractivity contribution in [3.63, 3.8) is 0 Å². The number of rotatable bonds is 5. The summed E-state index contributed by atoms with van der Waals surface area (Å²) in [6, 6.07) is 8.47. The molecule has 0 radical (unpaired) electrons. The highest BCUT2D eigenvalue weighted by Gasteiger charge is 2.34. The maximum atomic E-state index is 13.8. The number of ether oxygens (including phenoxy) is 2. The van der Waals surface area contributed by atoms with E-state index in [2.05, 4.69) is 5.32 Å². The second-order valence-electron chi connectivity index (χ2n) is 5.70. The Morgan fingerprint density at radius 1 is 1.15 bits per heavy atom. The summed E-state index contributed by atoms with van der Waals surface area (Å²) in [7, 11) is 2.95. The van der Waals surface area contributed by atoms with E-state index in [0.29, 0.717) is 22.1 Å². The van der Waals surface area contributed by atoms with Crippen LogP contribution in [0.5, 0.6) is 11.5 Å². The molecule has 0 saturated carbocycles. The lowest BCUT2D eigenvalue weighted by molar-refractivity contribution is -0.123. The van der Waals surface area contributed by atoms with E-state index in [9.17, 15) is 14.0 Å². The third kappa shape index (κ3) is 3.73. The average Bonchev–Trinajstić information content (AvgIpc) is 2.92. The van der Waals surface area contributed by atoms with Crippen molar-refractivity contribution < 1.29 is 23.5 Å². The van der Waals surface area contributed by atoms with Crippen molar-refractivity contribution in [2.45, 2.75) is 6.54 Å². The third-order valence-electron chi connectivity index (χ3n) is 4.05. The Hall–Kier alpha value is -3.06. The van der Waals surface area contributed by atoms with Crippen LogP contribution in [0.25, 0.3) is 6.08 Å². The number of carbonyl (C=O) groups is 2. The molecule has 8 heteroatoms. The Labute approximate surface area is 160 Å². The highest BCUT2D eigenvalue weighted by atomic mass is 35.5. The molecule has 1 aliphatic heterocycles. The van der Waals surface area contributed by atoms with Crippen LogP contribution >= 0.6 is 11.6 Å². The number of nitrogens with one attached hydrogen (secondary N) is 1. The van der Waals surface area contributed by atoms with E-state index >= 15 is 0 Å². The smallest absolute Gasteiger partial charge is 0.329 e. The molecule has 1 heterocycles. The Morgan fingerprint density at radius 2 is 1.81 bits per heavy atom. The van der Waals surface area contributed by atoms with Crippen molar-refractivity contribution in [3.8, 4) is 11.5 Å². The molecular formula is C19H16ClFN2O4. The lowest BCUT2D eigenvalue weighted by atomic mass is 10.1. The number of nitrogens with zero attached hydrogens (tertiary/aromatic N) is 1. The van der Waals surface area contributed by atoms with Gasteiger partial charge in [-0.2, -0.15) is 0 Å². The van der Waals surface area contributed by atoms with Gasteiger partial charge in [0.1, 0.15) is 11.5 Å². The van der Waals surface area contributed by atoms with Crippen LogP contribution in [0.4, 0.5) is 9.18 Å². The van der Waals surface area contributed by atoms with Crippen molar-refractivity contribution in [1.29, 1.82) is 0 Å². The number of amides is 3. The summed E-state index contributed by atoms with van der Waals surface area (Å²) in [5.74, 6) is -0.200. The molecule has 27 heavy (non-hydrogen) atoms. The van der Waals surface area contributed by atoms with Gasteiger partial charge in [-0.05, 0) is 23.8 Å². The summed E-state index contributed by atoms with van der Waals surface area (Å²) < 4.78 is 24.2. The van der Waals surface area contributed by atoms with Crippen LogP contribution in [0.1, 0.15) is 11.1 Å². The Balaban J connectivity index is 1.90. The zero-order valence-corrected chi connectivity index (χ0v) is 15.3. The summed E-state index contributed by atoms with van der Waals surface area (Å²) in [6.45, 7) is -0.172. The molecule has 0 bridgehead atoms. The van der Waals surface area contributed by atoms with Gasteiger partial charge in [0.05, 0.1) is 25.8 Å². The van der Waals surface area contributed by atoms with Gasteiger partial charge in [0, 0.05) is 11.6 Å². The van der Waals surface area contributed by atoms with Gasteiger partial charge in [-0.3, -0.25) is 9.69 Å². The topological polar surface area (TPSA) is 67.9 Å². The number of urea groups is 1. The molecule has 1 N–H and O–H groups in total. The number of hydrogen-bond donors (Lipinski definition) is 1. The maximum Gasteiger partial charge on any atom is 0.329 e. The van der Waals surface area contributed by atoms with Crippen LogP contribution in [0.3, 0.4) is 0 Å². The van der Waals surface area contributed by atoms with Gasteiger partial charge in [0.2, 0.25) is 0 Å². The molecule has 1 fully saturated rings. The SMILES string of the molecule is COc1cc(Cl)c(/C=C2\NC(=O)N(Cc3ccccc3F)C2=O)cc1OC. The molecule has 3 amide bonds. The molecule has 2 aromatic rings. The van der Waals surface area contributed by atoms with Gasteiger partial charge in [-0.1, -0.05) is 29.8 Å². The van der Waals surface area contributed by atoms with Gasteiger partial charge >= 0.3 is 6.03 Å². The standard InChI is InChI=1S/C19H16ClFN2O4/c1-26-16-8-12(13(20)9-17(16)27-2)7-15-18(24)23(19(25)22-15)10-11-5-3-4-6-14(11)21/h3-9H,10H2,1-2H3,(H,22,25)/b15-7-. The largest absolute Gasteiger partial charge is 0.493 e. The van der Waals surface area contributed by atoms with Crippen molar-refractivity contribution >= 4 is 29.6 Å². The zero-order valence-electron chi connectivity index (χ0n) is 14.6. The fourth-order valence-electron chi connectivity index (χ4n) is 2.65. The van der Waals surface area contributed by atoms with Crippen LogP contribution in [-0.4, -0.2) is 31.1 Å². The third-order valence-corrected chi connectivity index (χ3v) is 4.38. The van der Waals surface area contributed by atoms with Gasteiger partial charge in [-0.25, -0.2) is 9.18 Å². The van der Waals surface area contributed by atoms with E-state index in [0.717, 1.165) is 4.90 Å². The zero-order chi connectivity index (χ0) is 19.6. The molecule has 3 rings (SSSR count). The van der Waals surface area contributed by atoms with E-state index in [1.807, 2.05) is 0 Å². The number of methoxy groups -OCH3 is 2. The lowest BCUT2D eigenvalue weighted by Crippen LogP contribution is -2.30. The second-order valence-corrected chi connectivity index (χ2v) is 6.11. The highest BCUT2D eigenvalue weighted by molar-refractivity contribution is 6.32. The van der Waals surface area contributed by atoms with Crippen molar-refractivity contribution in [1.82, 2.24) is 10.2 Å². The minimum absolute atomic E-state index is 0.0328. The monoisotopic (exact) mass is 390 g/mol. The van der Waals surface area contributed by atoms with Gasteiger partial charge in [0.15, 0.2) is 11.5 Å². The van der Waals surface area contributed by atoms with Gasteiger partial charge in [-0.15, -0.1) is 0 Å². The summed E-state index contributed by atoms with van der Waals surface area (Å²) in [5, 5.41) is 2.80. The van der Waals surface area contributed by atoms with E-state index < -0.39 is 17.8 Å². The van der Waals surface area contributed by atoms with Crippen LogP contribution < -0.4 is 14.8 Å². The number of hydrogen-bond acceptors (Lipinski definition) is 4. The van der Waals surface area contributed by atoms with Crippen LogP contribution in [0.2, 0.25) is 5.02 Å². The lowest BCUT2D eigenvalue weighted by Gasteiger charge is -2.12. The van der Waals surface area contributed by atoms with Gasteiger partial charge < -0.3 is 14.8 Å². The predicted octanol–water partition coefficient (Wildman–Crippen LogP) is 3.59. The Morgan fingerprint density at radius 3 is 2.48 bits per heavy atom. The van der Waals surface area contributed by atoms with Crippen molar-refractivity contribution in [2.24, 2.45) is 0 Å². The number of benzene rings is 2. The summed E-state index contributed by atoms with van der Waals surface area (Å²) >= 11 is 6.22. The minimum Gasteiger partial charge on any atom is -0.493 e. The summed E-state index contributed by atoms with van der Waals surface area (Å²) in [6.07, 6.45) is 1.44. The first-order valence-corrected chi connectivity index (χ1v) is 8.32. The highest BCUT2D eigenvalue weighted by Crippen LogP contribution is 2.34. The fraction of sp³-hybridized carbons (Fsp3) is 0.158. The number of imide groups is 1. The molecule has 0 atom stereocenters. The summed E-state index contributed by atoms with van der Waals surface area (Å²) in [5.41, 5.74) is 0.738. The molecule has 1 saturated heterocycles. The first-order valence-electron chi connectivity index (χ1n) is 7.94. The minimum atomic E-state index is -0.633. The molecule has 0 aliphatic carbocycles. The van der Waals surface area contributed by atoms with Gasteiger partial charge in [0.25, 0.3) is 5.91 Å². The molecule has 140 valence electrons. The van der Waals surface area contributed by atoms with Crippen LogP contribution in [0, 0.1) is 5.82 Å². The molecule has 0 aromatic heterocycles. The van der Waals surface area contributed by atoms with E-state index in [-0.39, 0.29) is 17.8 Å². The van der Waals surface area contributed by atoms with Crippen LogP contribution in [-0.2, 0) is 11.3 Å². The molecular weight excluding hydrogens is 375 g/mol. The molecule has 2 aromatic carbocycles. The molecule has 0 spiro atoms. The first-order chi connectivity index (χ1) is 12.9. The normalized spacial score (nSPS) is 15.3. The molecule has 6 nitrogen and oxygen atoms in total. The average molecular weight is 391 g/mol. The van der Waals surface area contributed by atoms with E-state index in [4.69, 9.17) is 21.1 Å². The Bertz CT molecular complexity index is 945. The molecule has 0 unspecified atom stereocenters. The predicted molar refractivity (Wildman–Crippen MR) is 98.0 cm³/mol. The number of halogens is 2. The van der Waals surface area contributed by atoms with E-state index in [1.54, 1.807) is 18.2 Å². The second kappa shape index (κ2) is 7.67. The first kappa shape index (κ1) is 18.7. The van der Waals surface area contributed by atoms with Crippen LogP contribution in [0.15, 0.2) is 42.1 Å². The van der Waals surface area contributed by atoms with Crippen molar-refractivity contribution in [2.75, 3.05) is 14.2 Å². The Kier molecular flexibility index (Phi) is 5.32. The van der Waals surface area contributed by atoms with Crippen molar-refractivity contribution in [3.05, 3.63) is 64.1 Å². The van der Waals surface area contributed by atoms with E-state index in [1.165, 1.54) is 38.5 Å².